The number of nitrogens with one attached hydrogen (secondary N) is 1. The average molecular weight is 223 g/mol. The van der Waals surface area contributed by atoms with Crippen LogP contribution in [0.25, 0.3) is 0 Å². The molecule has 0 aliphatic heterocycles. The van der Waals surface area contributed by atoms with Gasteiger partial charge in [-0.1, -0.05) is 25.7 Å². The van der Waals surface area contributed by atoms with Gasteiger partial charge in [0.1, 0.15) is 0 Å². The minimum absolute atomic E-state index is 0.0694. The van der Waals surface area contributed by atoms with Gasteiger partial charge in [-0.3, -0.25) is 0 Å². The highest BCUT2D eigenvalue weighted by Gasteiger charge is 2.26. The molecule has 0 radical (unpaired) electrons. The summed E-state index contributed by atoms with van der Waals surface area (Å²) in [6.45, 7) is 0.829. The molecule has 0 aromatic heterocycles. The fraction of sp³-hybridized carbons (Fsp3) is 1.00. The first-order valence-corrected chi connectivity index (χ1v) is 5.85. The quantitative estimate of drug-likeness (QED) is 0.568. The monoisotopic (exact) mass is 223 g/mol. The van der Waals surface area contributed by atoms with Crippen LogP contribution < -0.4 is 5.32 Å². The Bertz CT molecular complexity index is 160. The summed E-state index contributed by atoms with van der Waals surface area (Å²) in [4.78, 5) is 0. The van der Waals surface area contributed by atoms with Crippen LogP contribution in [0.15, 0.2) is 0 Å². The molecular formula is C11H20F3N. The maximum atomic E-state index is 11.8. The molecule has 1 N–H and O–H groups in total. The Labute approximate surface area is 89.4 Å². The van der Waals surface area contributed by atoms with Crippen LogP contribution in [-0.2, 0) is 0 Å². The lowest BCUT2D eigenvalue weighted by Gasteiger charge is -2.15. The highest BCUT2D eigenvalue weighted by molar-refractivity contribution is 4.67. The van der Waals surface area contributed by atoms with Gasteiger partial charge >= 0.3 is 6.18 Å². The normalized spacial score (nSPS) is 20.2. The zero-order valence-electron chi connectivity index (χ0n) is 9.08. The van der Waals surface area contributed by atoms with Crippen LogP contribution in [-0.4, -0.2) is 19.3 Å². The summed E-state index contributed by atoms with van der Waals surface area (Å²) in [5.41, 5.74) is 0. The van der Waals surface area contributed by atoms with Gasteiger partial charge in [-0.15, -0.1) is 0 Å². The molecule has 4 heteroatoms. The van der Waals surface area contributed by atoms with Gasteiger partial charge in [0.05, 0.1) is 6.42 Å². The molecule has 0 amide bonds. The van der Waals surface area contributed by atoms with Gasteiger partial charge in [0.2, 0.25) is 0 Å². The van der Waals surface area contributed by atoms with E-state index in [1.165, 1.54) is 38.5 Å². The molecule has 0 heterocycles. The number of hydrogen-bond donors (Lipinski definition) is 1. The first-order chi connectivity index (χ1) is 7.08. The fourth-order valence-electron chi connectivity index (χ4n) is 2.10. The van der Waals surface area contributed by atoms with Crippen LogP contribution in [0.2, 0.25) is 0 Å². The van der Waals surface area contributed by atoms with E-state index < -0.39 is 12.6 Å². The first-order valence-electron chi connectivity index (χ1n) is 5.85. The molecule has 1 aliphatic carbocycles. The van der Waals surface area contributed by atoms with E-state index in [4.69, 9.17) is 0 Å². The highest BCUT2D eigenvalue weighted by Crippen LogP contribution is 2.22. The van der Waals surface area contributed by atoms with E-state index in [9.17, 15) is 13.2 Å². The van der Waals surface area contributed by atoms with Crippen LogP contribution in [0.3, 0.4) is 0 Å². The van der Waals surface area contributed by atoms with Crippen LogP contribution in [0.1, 0.15) is 44.9 Å². The van der Waals surface area contributed by atoms with E-state index in [0.717, 1.165) is 6.54 Å². The van der Waals surface area contributed by atoms with E-state index in [2.05, 4.69) is 5.32 Å². The lowest BCUT2D eigenvalue weighted by Crippen LogP contribution is -2.26. The van der Waals surface area contributed by atoms with Crippen molar-refractivity contribution in [1.82, 2.24) is 5.32 Å². The van der Waals surface area contributed by atoms with Crippen LogP contribution in [0.5, 0.6) is 0 Å². The molecule has 1 saturated carbocycles. The van der Waals surface area contributed by atoms with Crippen molar-refractivity contribution >= 4 is 0 Å². The SMILES string of the molecule is FC(F)(F)CCNCC1CCCCCC1. The Kier molecular flexibility index (Phi) is 5.43. The number of halogens is 3. The third-order valence-corrected chi connectivity index (χ3v) is 2.99. The molecule has 0 aromatic carbocycles. The van der Waals surface area contributed by atoms with Crippen LogP contribution in [0, 0.1) is 5.92 Å². The Hall–Kier alpha value is -0.250. The average Bonchev–Trinajstić information content (AvgIpc) is 2.39. The summed E-state index contributed by atoms with van der Waals surface area (Å²) in [5.74, 6) is 0.598. The number of alkyl halides is 3. The summed E-state index contributed by atoms with van der Waals surface area (Å²) < 4.78 is 35.5. The molecule has 0 atom stereocenters. The van der Waals surface area contributed by atoms with Crippen molar-refractivity contribution in [2.75, 3.05) is 13.1 Å². The van der Waals surface area contributed by atoms with Crippen molar-refractivity contribution < 1.29 is 13.2 Å². The molecule has 0 aromatic rings. The fourth-order valence-corrected chi connectivity index (χ4v) is 2.10. The van der Waals surface area contributed by atoms with E-state index >= 15 is 0 Å². The third-order valence-electron chi connectivity index (χ3n) is 2.99. The molecule has 15 heavy (non-hydrogen) atoms. The topological polar surface area (TPSA) is 12.0 Å². The molecular weight excluding hydrogens is 203 g/mol. The van der Waals surface area contributed by atoms with Gasteiger partial charge in [-0.2, -0.15) is 13.2 Å². The standard InChI is InChI=1S/C11H20F3N/c12-11(13,14)7-8-15-9-10-5-3-1-2-4-6-10/h10,15H,1-9H2. The number of rotatable bonds is 4. The predicted molar refractivity (Wildman–Crippen MR) is 54.7 cm³/mol. The van der Waals surface area contributed by atoms with Crippen molar-refractivity contribution in [2.24, 2.45) is 5.92 Å². The second-order valence-electron chi connectivity index (χ2n) is 4.43. The Balaban J connectivity index is 2.03. The molecule has 1 aliphatic rings. The van der Waals surface area contributed by atoms with Gasteiger partial charge in [-0.25, -0.2) is 0 Å². The molecule has 90 valence electrons. The maximum Gasteiger partial charge on any atom is 0.390 e. The smallest absolute Gasteiger partial charge is 0.316 e. The second-order valence-corrected chi connectivity index (χ2v) is 4.43. The maximum absolute atomic E-state index is 11.8. The minimum atomic E-state index is -4.02. The predicted octanol–water partition coefficient (Wildman–Crippen LogP) is 3.50. The van der Waals surface area contributed by atoms with Gasteiger partial charge in [0.15, 0.2) is 0 Å². The molecule has 0 unspecified atom stereocenters. The third kappa shape index (κ3) is 6.77. The van der Waals surface area contributed by atoms with E-state index in [0.29, 0.717) is 5.92 Å². The zero-order valence-corrected chi connectivity index (χ0v) is 9.08. The number of hydrogen-bond acceptors (Lipinski definition) is 1. The lowest BCUT2D eigenvalue weighted by atomic mass is 10.0. The van der Waals surface area contributed by atoms with Gasteiger partial charge in [0.25, 0.3) is 0 Å². The van der Waals surface area contributed by atoms with Crippen LogP contribution in [0.4, 0.5) is 13.2 Å². The van der Waals surface area contributed by atoms with E-state index in [1.807, 2.05) is 0 Å². The largest absolute Gasteiger partial charge is 0.390 e. The summed E-state index contributed by atoms with van der Waals surface area (Å²) in [6, 6.07) is 0. The van der Waals surface area contributed by atoms with Crippen molar-refractivity contribution in [1.29, 1.82) is 0 Å². The molecule has 0 spiro atoms. The van der Waals surface area contributed by atoms with Crippen molar-refractivity contribution in [3.8, 4) is 0 Å². The van der Waals surface area contributed by atoms with E-state index in [-0.39, 0.29) is 6.54 Å². The van der Waals surface area contributed by atoms with Gasteiger partial charge < -0.3 is 5.32 Å². The minimum Gasteiger partial charge on any atom is -0.316 e. The van der Waals surface area contributed by atoms with Crippen molar-refractivity contribution in [2.45, 2.75) is 51.1 Å². The summed E-state index contributed by atoms with van der Waals surface area (Å²) in [5, 5.41) is 2.92. The highest BCUT2D eigenvalue weighted by atomic mass is 19.4. The van der Waals surface area contributed by atoms with Crippen molar-refractivity contribution in [3.05, 3.63) is 0 Å². The molecule has 0 bridgehead atoms. The summed E-state index contributed by atoms with van der Waals surface area (Å²) in [7, 11) is 0. The van der Waals surface area contributed by atoms with E-state index in [1.54, 1.807) is 0 Å². The molecule has 1 rings (SSSR count). The second kappa shape index (κ2) is 6.36. The van der Waals surface area contributed by atoms with Crippen molar-refractivity contribution in [3.63, 3.8) is 0 Å². The zero-order chi connectivity index (χ0) is 11.1. The summed E-state index contributed by atoms with van der Waals surface area (Å²) >= 11 is 0. The Morgan fingerprint density at radius 2 is 1.60 bits per heavy atom. The summed E-state index contributed by atoms with van der Waals surface area (Å²) in [6.07, 6.45) is 2.70. The first kappa shape index (κ1) is 12.8. The lowest BCUT2D eigenvalue weighted by molar-refractivity contribution is -0.133. The molecule has 1 nitrogen and oxygen atoms in total. The Morgan fingerprint density at radius 1 is 1.00 bits per heavy atom. The van der Waals surface area contributed by atoms with Gasteiger partial charge in [-0.05, 0) is 25.3 Å². The Morgan fingerprint density at radius 3 is 2.13 bits per heavy atom. The molecule has 0 saturated heterocycles. The van der Waals surface area contributed by atoms with Gasteiger partial charge in [0, 0.05) is 6.54 Å². The van der Waals surface area contributed by atoms with Crippen LogP contribution >= 0.6 is 0 Å². The molecule has 1 fully saturated rings.